The summed E-state index contributed by atoms with van der Waals surface area (Å²) in [5, 5.41) is 0. The van der Waals surface area contributed by atoms with Crippen molar-refractivity contribution < 1.29 is 22.7 Å². The minimum atomic E-state index is -4.29. The molecule has 1 aromatic rings. The van der Waals surface area contributed by atoms with E-state index in [1.54, 1.807) is 11.0 Å². The second-order valence-corrected chi connectivity index (χ2v) is 7.68. The van der Waals surface area contributed by atoms with Crippen molar-refractivity contribution in [2.24, 2.45) is 5.41 Å². The molecule has 1 heterocycles. The lowest BCUT2D eigenvalue weighted by Crippen LogP contribution is -2.48. The fourth-order valence-electron chi connectivity index (χ4n) is 4.16. The third-order valence-corrected chi connectivity index (χ3v) is 5.85. The first-order valence-corrected chi connectivity index (χ1v) is 9.42. The monoisotopic (exact) mass is 369 g/mol. The summed E-state index contributed by atoms with van der Waals surface area (Å²) in [7, 11) is 0. The molecule has 0 bridgehead atoms. The normalized spacial score (nSPS) is 20.1. The van der Waals surface area contributed by atoms with E-state index in [0.717, 1.165) is 50.2 Å². The number of benzene rings is 1. The number of carbonyl (C=O) groups is 1. The fourth-order valence-corrected chi connectivity index (χ4v) is 4.16. The van der Waals surface area contributed by atoms with Crippen LogP contribution in [-0.4, -0.2) is 30.7 Å². The Morgan fingerprint density at radius 1 is 1.27 bits per heavy atom. The maximum absolute atomic E-state index is 12.9. The van der Waals surface area contributed by atoms with Crippen LogP contribution in [0.4, 0.5) is 18.0 Å². The highest BCUT2D eigenvalue weighted by Gasteiger charge is 2.47. The highest BCUT2D eigenvalue weighted by Crippen LogP contribution is 2.56. The third kappa shape index (κ3) is 4.15. The molecule has 1 aliphatic carbocycles. The Hall–Kier alpha value is -1.72. The summed E-state index contributed by atoms with van der Waals surface area (Å²) < 4.78 is 43.9. The van der Waals surface area contributed by atoms with E-state index in [2.05, 4.69) is 6.92 Å². The van der Waals surface area contributed by atoms with E-state index in [1.807, 2.05) is 0 Å². The molecule has 1 saturated heterocycles. The maximum Gasteiger partial charge on any atom is 0.416 e. The summed E-state index contributed by atoms with van der Waals surface area (Å²) in [5.74, 6) is 0.195. The number of hydrogen-bond acceptors (Lipinski definition) is 2. The molecule has 1 saturated carbocycles. The molecule has 0 atom stereocenters. The molecule has 1 aliphatic heterocycles. The Bertz CT molecular complexity index is 628. The van der Waals surface area contributed by atoms with E-state index in [0.29, 0.717) is 19.7 Å². The molecule has 3 nitrogen and oxygen atoms in total. The number of hydrogen-bond donors (Lipinski definition) is 0. The molecule has 2 aliphatic rings. The van der Waals surface area contributed by atoms with Crippen molar-refractivity contribution in [3.63, 3.8) is 0 Å². The number of nitrogens with zero attached hydrogens (tertiary/aromatic N) is 1. The molecule has 1 aromatic carbocycles. The van der Waals surface area contributed by atoms with Crippen molar-refractivity contribution in [1.29, 1.82) is 0 Å². The lowest BCUT2D eigenvalue weighted by Gasteiger charge is -2.52. The molecule has 1 spiro atoms. The topological polar surface area (TPSA) is 29.5 Å². The molecule has 3 rings (SSSR count). The van der Waals surface area contributed by atoms with Crippen molar-refractivity contribution in [2.45, 2.75) is 57.5 Å². The van der Waals surface area contributed by atoms with Crippen LogP contribution in [0.5, 0.6) is 0 Å². The predicted molar refractivity (Wildman–Crippen MR) is 92.9 cm³/mol. The van der Waals surface area contributed by atoms with Crippen LogP contribution in [-0.2, 0) is 10.9 Å². The van der Waals surface area contributed by atoms with Crippen LogP contribution in [0.15, 0.2) is 24.3 Å². The molecular weight excluding hydrogens is 343 g/mol. The van der Waals surface area contributed by atoms with Crippen molar-refractivity contribution in [2.75, 3.05) is 19.7 Å². The van der Waals surface area contributed by atoms with Crippen molar-refractivity contribution >= 4 is 6.09 Å². The molecule has 1 amide bonds. The molecule has 0 aromatic heterocycles. The van der Waals surface area contributed by atoms with E-state index in [9.17, 15) is 18.0 Å². The number of piperidine rings is 1. The average Bonchev–Trinajstić information content (AvgIpc) is 2.59. The van der Waals surface area contributed by atoms with Gasteiger partial charge in [-0.1, -0.05) is 31.5 Å². The lowest BCUT2D eigenvalue weighted by atomic mass is 9.56. The van der Waals surface area contributed by atoms with Gasteiger partial charge in [-0.05, 0) is 55.1 Å². The van der Waals surface area contributed by atoms with Crippen LogP contribution in [0, 0.1) is 5.41 Å². The van der Waals surface area contributed by atoms with Gasteiger partial charge in [0, 0.05) is 13.1 Å². The number of likely N-dealkylation sites (tertiary alicyclic amines) is 1. The lowest BCUT2D eigenvalue weighted by molar-refractivity contribution is -0.137. The van der Waals surface area contributed by atoms with Gasteiger partial charge in [0.15, 0.2) is 0 Å². The van der Waals surface area contributed by atoms with Crippen molar-refractivity contribution in [1.82, 2.24) is 4.90 Å². The van der Waals surface area contributed by atoms with Gasteiger partial charge < -0.3 is 9.64 Å². The van der Waals surface area contributed by atoms with Crippen LogP contribution >= 0.6 is 0 Å². The molecule has 0 N–H and O–H groups in total. The summed E-state index contributed by atoms with van der Waals surface area (Å²) in [5.41, 5.74) is 0.395. The summed E-state index contributed by atoms with van der Waals surface area (Å²) >= 11 is 0. The molecule has 0 unspecified atom stereocenters. The molecule has 0 radical (unpaired) electrons. The zero-order valence-electron chi connectivity index (χ0n) is 15.1. The summed E-state index contributed by atoms with van der Waals surface area (Å²) in [6, 6.07) is 5.71. The smallest absolute Gasteiger partial charge is 0.416 e. The van der Waals surface area contributed by atoms with Gasteiger partial charge in [-0.15, -0.1) is 0 Å². The highest BCUT2D eigenvalue weighted by molar-refractivity contribution is 5.67. The third-order valence-electron chi connectivity index (χ3n) is 5.85. The number of carbonyl (C=O) groups excluding carboxylic acids is 1. The molecule has 26 heavy (non-hydrogen) atoms. The predicted octanol–water partition coefficient (Wildman–Crippen LogP) is 5.60. The highest BCUT2D eigenvalue weighted by atomic mass is 19.4. The number of amides is 1. The minimum absolute atomic E-state index is 0.180. The molecular formula is C20H26F3NO2. The Morgan fingerprint density at radius 2 is 1.96 bits per heavy atom. The quantitative estimate of drug-likeness (QED) is 0.647. The largest absolute Gasteiger partial charge is 0.449 e. The average molecular weight is 369 g/mol. The second kappa shape index (κ2) is 7.49. The van der Waals surface area contributed by atoms with E-state index < -0.39 is 11.7 Å². The van der Waals surface area contributed by atoms with Crippen LogP contribution < -0.4 is 0 Å². The first-order valence-electron chi connectivity index (χ1n) is 9.42. The molecule has 2 fully saturated rings. The summed E-state index contributed by atoms with van der Waals surface area (Å²) in [6.07, 6.45) is 0.981. The standard InChI is InChI=1S/C20H26F3NO2/c1-2-3-11-26-18(25)24-9-7-19(8-10-24)13-16(14-19)15-5-4-6-17(12-15)20(21,22)23/h4-6,12,16H,2-3,7-11,13-14H2,1H3. The number of halogens is 3. The van der Waals surface area contributed by atoms with Crippen molar-refractivity contribution in [3.05, 3.63) is 35.4 Å². The number of rotatable bonds is 4. The van der Waals surface area contributed by atoms with Gasteiger partial charge in [-0.2, -0.15) is 13.2 Å². The fraction of sp³-hybridized carbons (Fsp3) is 0.650. The summed E-state index contributed by atoms with van der Waals surface area (Å²) in [4.78, 5) is 13.8. The van der Waals surface area contributed by atoms with E-state index in [1.165, 1.54) is 12.1 Å². The van der Waals surface area contributed by atoms with Gasteiger partial charge in [-0.3, -0.25) is 0 Å². The Labute approximate surface area is 152 Å². The maximum atomic E-state index is 12.9. The summed E-state index contributed by atoms with van der Waals surface area (Å²) in [6.45, 7) is 3.88. The number of alkyl halides is 3. The van der Waals surface area contributed by atoms with Crippen LogP contribution in [0.1, 0.15) is 62.5 Å². The van der Waals surface area contributed by atoms with Gasteiger partial charge in [0.1, 0.15) is 0 Å². The van der Waals surface area contributed by atoms with Crippen LogP contribution in [0.3, 0.4) is 0 Å². The van der Waals surface area contributed by atoms with E-state index >= 15 is 0 Å². The van der Waals surface area contributed by atoms with Crippen molar-refractivity contribution in [3.8, 4) is 0 Å². The SMILES string of the molecule is CCCCOC(=O)N1CCC2(CC1)CC(c1cccc(C(F)(F)F)c1)C2. The number of unbranched alkanes of at least 4 members (excludes halogenated alkanes) is 1. The number of ether oxygens (including phenoxy) is 1. The first-order chi connectivity index (χ1) is 12.3. The zero-order valence-corrected chi connectivity index (χ0v) is 15.1. The Morgan fingerprint density at radius 3 is 2.58 bits per heavy atom. The van der Waals surface area contributed by atoms with E-state index in [4.69, 9.17) is 4.74 Å². The van der Waals surface area contributed by atoms with Gasteiger partial charge >= 0.3 is 12.3 Å². The van der Waals surface area contributed by atoms with Gasteiger partial charge in [0.25, 0.3) is 0 Å². The van der Waals surface area contributed by atoms with Crippen LogP contribution in [0.25, 0.3) is 0 Å². The Kier molecular flexibility index (Phi) is 5.49. The Balaban J connectivity index is 1.50. The van der Waals surface area contributed by atoms with Gasteiger partial charge in [0.05, 0.1) is 12.2 Å². The molecule has 144 valence electrons. The van der Waals surface area contributed by atoms with Gasteiger partial charge in [-0.25, -0.2) is 4.79 Å². The van der Waals surface area contributed by atoms with Crippen LogP contribution in [0.2, 0.25) is 0 Å². The minimum Gasteiger partial charge on any atom is -0.449 e. The first kappa shape index (κ1) is 19.1. The second-order valence-electron chi connectivity index (χ2n) is 7.68. The van der Waals surface area contributed by atoms with E-state index in [-0.39, 0.29) is 17.4 Å². The zero-order chi connectivity index (χ0) is 18.8. The van der Waals surface area contributed by atoms with Gasteiger partial charge in [0.2, 0.25) is 0 Å². The molecule has 6 heteroatoms.